The molecule has 1 aliphatic carbocycles. The van der Waals surface area contributed by atoms with E-state index in [4.69, 9.17) is 0 Å². The summed E-state index contributed by atoms with van der Waals surface area (Å²) in [7, 11) is 0. The number of hydrogen-bond donors (Lipinski definition) is 1. The van der Waals surface area contributed by atoms with Crippen molar-refractivity contribution < 1.29 is 0 Å². The number of H-pyrrole nitrogens is 1. The summed E-state index contributed by atoms with van der Waals surface area (Å²) in [5.74, 6) is 0.924. The highest BCUT2D eigenvalue weighted by Gasteiger charge is 2.35. The van der Waals surface area contributed by atoms with E-state index < -0.39 is 0 Å². The molecule has 1 atom stereocenters. The van der Waals surface area contributed by atoms with Gasteiger partial charge in [-0.25, -0.2) is 4.68 Å². The molecule has 1 saturated carbocycles. The number of aromatic nitrogens is 5. The van der Waals surface area contributed by atoms with E-state index >= 15 is 0 Å². The maximum Gasteiger partial charge on any atom is 0.252 e. The molecule has 0 radical (unpaired) electrons. The standard InChI is InChI=1S/C28H42N6O/c1-7-12-25(26-30-31-32-34(26)28(5,6)8-2)33(23-13-10-9-11-14-23)18-22-17-21-15-19(3)20(4)16-24(21)29-27(22)35/h15-17,23,25H,7-14,18H2,1-6H3,(H,29,35). The Labute approximate surface area is 209 Å². The largest absolute Gasteiger partial charge is 0.322 e. The number of benzene rings is 1. The smallest absolute Gasteiger partial charge is 0.252 e. The van der Waals surface area contributed by atoms with Gasteiger partial charge in [-0.2, -0.15) is 0 Å². The van der Waals surface area contributed by atoms with Gasteiger partial charge < -0.3 is 4.98 Å². The molecule has 0 saturated heterocycles. The van der Waals surface area contributed by atoms with Crippen LogP contribution < -0.4 is 5.56 Å². The quantitative estimate of drug-likeness (QED) is 0.411. The second kappa shape index (κ2) is 10.6. The number of aromatic amines is 1. The molecular formula is C28H42N6O. The predicted molar refractivity (Wildman–Crippen MR) is 142 cm³/mol. The first-order valence-corrected chi connectivity index (χ1v) is 13.4. The van der Waals surface area contributed by atoms with Crippen molar-refractivity contribution in [1.82, 2.24) is 30.1 Å². The number of pyridine rings is 1. The van der Waals surface area contributed by atoms with Gasteiger partial charge in [0.25, 0.3) is 5.56 Å². The number of rotatable bonds is 9. The van der Waals surface area contributed by atoms with Crippen molar-refractivity contribution in [3.8, 4) is 0 Å². The van der Waals surface area contributed by atoms with Crippen molar-refractivity contribution in [3.05, 3.63) is 51.1 Å². The zero-order chi connectivity index (χ0) is 25.2. The van der Waals surface area contributed by atoms with Gasteiger partial charge in [0.05, 0.1) is 11.6 Å². The van der Waals surface area contributed by atoms with Crippen molar-refractivity contribution in [3.63, 3.8) is 0 Å². The molecule has 2 aromatic heterocycles. The minimum Gasteiger partial charge on any atom is -0.322 e. The molecule has 1 N–H and O–H groups in total. The Bertz CT molecular complexity index is 1200. The number of fused-ring (bicyclic) bond motifs is 1. The first kappa shape index (κ1) is 25.5. The first-order chi connectivity index (χ1) is 16.7. The summed E-state index contributed by atoms with van der Waals surface area (Å²) in [6.07, 6.45) is 9.00. The van der Waals surface area contributed by atoms with Gasteiger partial charge in [-0.05, 0) is 98.5 Å². The highest BCUT2D eigenvalue weighted by molar-refractivity contribution is 5.80. The van der Waals surface area contributed by atoms with Gasteiger partial charge in [-0.15, -0.1) is 5.10 Å². The van der Waals surface area contributed by atoms with E-state index in [9.17, 15) is 4.79 Å². The molecule has 0 bridgehead atoms. The van der Waals surface area contributed by atoms with E-state index in [1.807, 2.05) is 4.68 Å². The summed E-state index contributed by atoms with van der Waals surface area (Å²) in [5, 5.41) is 14.2. The van der Waals surface area contributed by atoms with Gasteiger partial charge in [0.2, 0.25) is 0 Å². The molecule has 1 aromatic carbocycles. The van der Waals surface area contributed by atoms with Crippen molar-refractivity contribution >= 4 is 10.9 Å². The van der Waals surface area contributed by atoms with Crippen LogP contribution >= 0.6 is 0 Å². The number of aryl methyl sites for hydroxylation is 2. The van der Waals surface area contributed by atoms with E-state index in [0.717, 1.165) is 54.4 Å². The molecular weight excluding hydrogens is 436 g/mol. The molecule has 0 spiro atoms. The Hall–Kier alpha value is -2.54. The van der Waals surface area contributed by atoms with Crippen molar-refractivity contribution in [2.75, 3.05) is 0 Å². The summed E-state index contributed by atoms with van der Waals surface area (Å²) < 4.78 is 2.03. The molecule has 2 heterocycles. The van der Waals surface area contributed by atoms with Crippen LogP contribution in [0.3, 0.4) is 0 Å². The topological polar surface area (TPSA) is 79.7 Å². The third-order valence-electron chi connectivity index (χ3n) is 8.12. The van der Waals surface area contributed by atoms with Crippen LogP contribution in [0.2, 0.25) is 0 Å². The molecule has 35 heavy (non-hydrogen) atoms. The lowest BCUT2D eigenvalue weighted by atomic mass is 9.91. The van der Waals surface area contributed by atoms with Crippen LogP contribution in [-0.2, 0) is 12.1 Å². The summed E-state index contributed by atoms with van der Waals surface area (Å²) in [4.78, 5) is 19.0. The molecule has 7 nitrogen and oxygen atoms in total. The van der Waals surface area contributed by atoms with E-state index in [0.29, 0.717) is 12.6 Å². The highest BCUT2D eigenvalue weighted by Crippen LogP contribution is 2.35. The minimum absolute atomic E-state index is 0.00490. The van der Waals surface area contributed by atoms with Gasteiger partial charge in [0.1, 0.15) is 0 Å². The third kappa shape index (κ3) is 5.35. The van der Waals surface area contributed by atoms with Gasteiger partial charge in [-0.1, -0.05) is 39.5 Å². The molecule has 3 aromatic rings. The average Bonchev–Trinajstić information content (AvgIpc) is 3.34. The minimum atomic E-state index is -0.168. The average molecular weight is 479 g/mol. The molecule has 0 aliphatic heterocycles. The van der Waals surface area contributed by atoms with Crippen LogP contribution in [-0.4, -0.2) is 36.1 Å². The summed E-state index contributed by atoms with van der Waals surface area (Å²) in [6, 6.07) is 6.85. The summed E-state index contributed by atoms with van der Waals surface area (Å²) in [6.45, 7) is 13.6. The molecule has 1 aliphatic rings. The summed E-state index contributed by atoms with van der Waals surface area (Å²) in [5.41, 5.74) is 4.00. The van der Waals surface area contributed by atoms with Crippen LogP contribution in [0.15, 0.2) is 23.0 Å². The van der Waals surface area contributed by atoms with Crippen LogP contribution in [0.4, 0.5) is 0 Å². The highest BCUT2D eigenvalue weighted by atomic mass is 16.1. The van der Waals surface area contributed by atoms with Crippen LogP contribution in [0, 0.1) is 13.8 Å². The van der Waals surface area contributed by atoms with Crippen LogP contribution in [0.25, 0.3) is 10.9 Å². The molecule has 4 rings (SSSR count). The molecule has 7 heteroatoms. The fraction of sp³-hybridized carbons (Fsp3) is 0.643. The first-order valence-electron chi connectivity index (χ1n) is 13.4. The summed E-state index contributed by atoms with van der Waals surface area (Å²) >= 11 is 0. The normalized spacial score (nSPS) is 16.3. The maximum absolute atomic E-state index is 13.3. The Balaban J connectivity index is 1.79. The Morgan fingerprint density at radius 1 is 1.11 bits per heavy atom. The van der Waals surface area contributed by atoms with Crippen molar-refractivity contribution in [2.24, 2.45) is 0 Å². The van der Waals surface area contributed by atoms with E-state index in [1.54, 1.807) is 0 Å². The Morgan fingerprint density at radius 2 is 1.83 bits per heavy atom. The monoisotopic (exact) mass is 478 g/mol. The second-order valence-corrected chi connectivity index (χ2v) is 11.0. The van der Waals surface area contributed by atoms with E-state index in [-0.39, 0.29) is 17.1 Å². The lowest BCUT2D eigenvalue weighted by Gasteiger charge is -2.40. The third-order valence-corrected chi connectivity index (χ3v) is 8.12. The number of tetrazole rings is 1. The molecule has 1 fully saturated rings. The fourth-order valence-corrected chi connectivity index (χ4v) is 5.44. The van der Waals surface area contributed by atoms with Crippen LogP contribution in [0.1, 0.15) is 108 Å². The van der Waals surface area contributed by atoms with E-state index in [1.165, 1.54) is 30.4 Å². The lowest BCUT2D eigenvalue weighted by Crippen LogP contribution is -2.42. The van der Waals surface area contributed by atoms with Gasteiger partial charge in [0.15, 0.2) is 5.82 Å². The molecule has 1 unspecified atom stereocenters. The van der Waals surface area contributed by atoms with E-state index in [2.05, 4.69) is 85.2 Å². The van der Waals surface area contributed by atoms with Gasteiger partial charge in [0, 0.05) is 23.7 Å². The zero-order valence-corrected chi connectivity index (χ0v) is 22.4. The van der Waals surface area contributed by atoms with Crippen molar-refractivity contribution in [1.29, 1.82) is 0 Å². The Kier molecular flexibility index (Phi) is 7.74. The van der Waals surface area contributed by atoms with Crippen molar-refractivity contribution in [2.45, 2.75) is 117 Å². The second-order valence-electron chi connectivity index (χ2n) is 11.0. The zero-order valence-electron chi connectivity index (χ0n) is 22.4. The van der Waals surface area contributed by atoms with Gasteiger partial charge >= 0.3 is 0 Å². The Morgan fingerprint density at radius 3 is 2.51 bits per heavy atom. The number of nitrogens with zero attached hydrogens (tertiary/aromatic N) is 5. The van der Waals surface area contributed by atoms with Crippen LogP contribution in [0.5, 0.6) is 0 Å². The maximum atomic E-state index is 13.3. The van der Waals surface area contributed by atoms with Gasteiger partial charge in [-0.3, -0.25) is 9.69 Å². The lowest BCUT2D eigenvalue weighted by molar-refractivity contribution is 0.0770. The molecule has 190 valence electrons. The SMILES string of the molecule is CCCC(c1nnnn1C(C)(C)CC)N(Cc1cc2cc(C)c(C)cc2[nH]c1=O)C1CCCCC1. The number of nitrogens with one attached hydrogen (secondary N) is 1. The number of hydrogen-bond acceptors (Lipinski definition) is 5. The fourth-order valence-electron chi connectivity index (χ4n) is 5.44. The molecule has 0 amide bonds. The predicted octanol–water partition coefficient (Wildman–Crippen LogP) is 5.95.